The zero-order chi connectivity index (χ0) is 23.4. The maximum Gasteiger partial charge on any atom is 0.335 e. The number of carboxylic acids is 1. The van der Waals surface area contributed by atoms with Crippen LogP contribution in [-0.4, -0.2) is 22.2 Å². The first-order chi connectivity index (χ1) is 15.9. The number of aromatic carboxylic acids is 1. The van der Waals surface area contributed by atoms with Crippen LogP contribution in [0, 0.1) is 6.92 Å². The quantitative estimate of drug-likeness (QED) is 0.436. The molecule has 0 spiro atoms. The average molecular weight is 479 g/mol. The molecule has 1 saturated heterocycles. The summed E-state index contributed by atoms with van der Waals surface area (Å²) in [6.45, 7) is 2.13. The summed E-state index contributed by atoms with van der Waals surface area (Å²) in [5.74, 6) is -0.545. The van der Waals surface area contributed by atoms with Gasteiger partial charge in [-0.25, -0.2) is 9.79 Å². The normalized spacial score (nSPS) is 15.6. The van der Waals surface area contributed by atoms with Gasteiger partial charge in [-0.05, 0) is 77.9 Å². The lowest BCUT2D eigenvalue weighted by Gasteiger charge is -2.07. The third-order valence-corrected chi connectivity index (χ3v) is 6.19. The Morgan fingerprint density at radius 1 is 1.15 bits per heavy atom. The number of nitrogens with one attached hydrogen (secondary N) is 1. The van der Waals surface area contributed by atoms with Gasteiger partial charge in [0.05, 0.1) is 16.2 Å². The molecule has 1 aliphatic rings. The van der Waals surface area contributed by atoms with E-state index in [1.54, 1.807) is 36.4 Å². The number of rotatable bonds is 6. The van der Waals surface area contributed by atoms with Crippen molar-refractivity contribution in [2.75, 3.05) is 0 Å². The minimum absolute atomic E-state index is 0.211. The highest BCUT2D eigenvalue weighted by atomic mass is 35.5. The van der Waals surface area contributed by atoms with Crippen molar-refractivity contribution in [2.24, 2.45) is 4.99 Å². The molecule has 1 heterocycles. The first kappa shape index (κ1) is 22.6. The molecular weight excluding hydrogens is 460 g/mol. The number of thioether (sulfide) groups is 1. The molecule has 1 amide bonds. The Hall–Kier alpha value is -3.55. The molecule has 0 radical (unpaired) electrons. The number of nitrogens with zero attached hydrogens (tertiary/aromatic N) is 1. The summed E-state index contributed by atoms with van der Waals surface area (Å²) in [6, 6.07) is 19.4. The van der Waals surface area contributed by atoms with Crippen molar-refractivity contribution in [3.8, 4) is 5.75 Å². The van der Waals surface area contributed by atoms with Gasteiger partial charge in [0.15, 0.2) is 5.17 Å². The summed E-state index contributed by atoms with van der Waals surface area (Å²) in [5, 5.41) is 13.0. The maximum atomic E-state index is 12.4. The van der Waals surface area contributed by atoms with E-state index in [4.69, 9.17) is 21.4 Å². The van der Waals surface area contributed by atoms with Crippen molar-refractivity contribution < 1.29 is 19.4 Å². The molecule has 1 fully saturated rings. The van der Waals surface area contributed by atoms with Crippen LogP contribution in [0.2, 0.25) is 5.02 Å². The summed E-state index contributed by atoms with van der Waals surface area (Å²) >= 11 is 7.41. The standard InChI is InChI=1S/C25H19ClN2O4S/c1-15-20(26)6-3-7-21(15)27-25-28-23(29)22(33-25)13-16-8-10-19(11-9-16)32-14-17-4-2-5-18(12-17)24(30)31/h2-13H,14H2,1H3,(H,30,31)(H,27,28,29)/b22-13+. The summed E-state index contributed by atoms with van der Waals surface area (Å²) in [5.41, 5.74) is 3.39. The lowest BCUT2D eigenvalue weighted by Crippen LogP contribution is -2.19. The number of carboxylic acid groups (broad SMARTS) is 1. The summed E-state index contributed by atoms with van der Waals surface area (Å²) in [7, 11) is 0. The molecule has 0 aliphatic carbocycles. The molecule has 166 valence electrons. The van der Waals surface area contributed by atoms with Gasteiger partial charge in [-0.3, -0.25) is 4.79 Å². The molecule has 33 heavy (non-hydrogen) atoms. The SMILES string of the molecule is Cc1c(Cl)cccc1N=C1NC(=O)/C(=C\c2ccc(OCc3cccc(C(=O)O)c3)cc2)S1. The molecule has 0 aromatic heterocycles. The van der Waals surface area contributed by atoms with E-state index < -0.39 is 5.97 Å². The lowest BCUT2D eigenvalue weighted by molar-refractivity contribution is -0.115. The fourth-order valence-electron chi connectivity index (χ4n) is 3.08. The van der Waals surface area contributed by atoms with Gasteiger partial charge in [-0.1, -0.05) is 41.9 Å². The van der Waals surface area contributed by atoms with Crippen molar-refractivity contribution in [3.63, 3.8) is 0 Å². The highest BCUT2D eigenvalue weighted by Crippen LogP contribution is 2.31. The van der Waals surface area contributed by atoms with Gasteiger partial charge in [0.25, 0.3) is 5.91 Å². The number of amidine groups is 1. The van der Waals surface area contributed by atoms with Gasteiger partial charge >= 0.3 is 5.97 Å². The van der Waals surface area contributed by atoms with E-state index in [2.05, 4.69) is 10.3 Å². The van der Waals surface area contributed by atoms with Crippen LogP contribution in [0.3, 0.4) is 0 Å². The van der Waals surface area contributed by atoms with Crippen molar-refractivity contribution in [2.45, 2.75) is 13.5 Å². The zero-order valence-corrected chi connectivity index (χ0v) is 19.1. The highest BCUT2D eigenvalue weighted by molar-refractivity contribution is 8.18. The Kier molecular flexibility index (Phi) is 6.82. The van der Waals surface area contributed by atoms with Crippen LogP contribution in [0.15, 0.2) is 76.6 Å². The van der Waals surface area contributed by atoms with E-state index in [1.807, 2.05) is 37.3 Å². The van der Waals surface area contributed by atoms with Gasteiger partial charge in [0, 0.05) is 5.02 Å². The molecular formula is C25H19ClN2O4S. The molecule has 6 nitrogen and oxygen atoms in total. The zero-order valence-electron chi connectivity index (χ0n) is 17.5. The first-order valence-electron chi connectivity index (χ1n) is 9.99. The van der Waals surface area contributed by atoms with Gasteiger partial charge in [-0.2, -0.15) is 0 Å². The third kappa shape index (κ3) is 5.63. The van der Waals surface area contributed by atoms with E-state index in [9.17, 15) is 9.59 Å². The Morgan fingerprint density at radius 3 is 2.67 bits per heavy atom. The van der Waals surface area contributed by atoms with Crippen LogP contribution in [0.25, 0.3) is 6.08 Å². The summed E-state index contributed by atoms with van der Waals surface area (Å²) < 4.78 is 5.75. The smallest absolute Gasteiger partial charge is 0.335 e. The van der Waals surface area contributed by atoms with Crippen molar-refractivity contribution in [3.05, 3.63) is 98.9 Å². The molecule has 1 aliphatic heterocycles. The number of benzene rings is 3. The highest BCUT2D eigenvalue weighted by Gasteiger charge is 2.24. The second-order valence-electron chi connectivity index (χ2n) is 7.23. The molecule has 8 heteroatoms. The number of halogens is 1. The van der Waals surface area contributed by atoms with Crippen LogP contribution in [-0.2, 0) is 11.4 Å². The number of amides is 1. The molecule has 2 N–H and O–H groups in total. The lowest BCUT2D eigenvalue weighted by atomic mass is 10.1. The molecule has 0 atom stereocenters. The Bertz CT molecular complexity index is 1290. The van der Waals surface area contributed by atoms with Crippen molar-refractivity contribution >= 4 is 52.2 Å². The number of hydrogen-bond acceptors (Lipinski definition) is 5. The van der Waals surface area contributed by atoms with Crippen LogP contribution in [0.4, 0.5) is 5.69 Å². The number of aliphatic imine (C=N–C) groups is 1. The van der Waals surface area contributed by atoms with Gasteiger partial charge in [-0.15, -0.1) is 0 Å². The molecule has 3 aromatic rings. The van der Waals surface area contributed by atoms with Crippen LogP contribution < -0.4 is 10.1 Å². The summed E-state index contributed by atoms with van der Waals surface area (Å²) in [4.78, 5) is 28.5. The molecule has 0 bridgehead atoms. The van der Waals surface area contributed by atoms with Crippen molar-refractivity contribution in [1.82, 2.24) is 5.32 Å². The van der Waals surface area contributed by atoms with E-state index in [0.29, 0.717) is 26.5 Å². The van der Waals surface area contributed by atoms with Crippen molar-refractivity contribution in [1.29, 1.82) is 0 Å². The Morgan fingerprint density at radius 2 is 1.91 bits per heavy atom. The minimum Gasteiger partial charge on any atom is -0.489 e. The fourth-order valence-corrected chi connectivity index (χ4v) is 4.08. The number of hydrogen-bond donors (Lipinski definition) is 2. The largest absolute Gasteiger partial charge is 0.489 e. The number of carbonyl (C=O) groups excluding carboxylic acids is 1. The van der Waals surface area contributed by atoms with Crippen LogP contribution in [0.1, 0.15) is 27.0 Å². The molecule has 4 rings (SSSR count). The monoisotopic (exact) mass is 478 g/mol. The third-order valence-electron chi connectivity index (χ3n) is 4.87. The minimum atomic E-state index is -0.973. The van der Waals surface area contributed by atoms with Gasteiger partial charge in [0.2, 0.25) is 0 Å². The summed E-state index contributed by atoms with van der Waals surface area (Å²) in [6.07, 6.45) is 1.79. The van der Waals surface area contributed by atoms with Gasteiger partial charge in [0.1, 0.15) is 12.4 Å². The number of carbonyl (C=O) groups is 2. The maximum absolute atomic E-state index is 12.4. The average Bonchev–Trinajstić information content (AvgIpc) is 3.15. The predicted octanol–water partition coefficient (Wildman–Crippen LogP) is 5.82. The van der Waals surface area contributed by atoms with Gasteiger partial charge < -0.3 is 15.2 Å². The number of ether oxygens (including phenoxy) is 1. The van der Waals surface area contributed by atoms with E-state index in [0.717, 1.165) is 16.7 Å². The fraction of sp³-hybridized carbons (Fsp3) is 0.0800. The van der Waals surface area contributed by atoms with Crippen LogP contribution >= 0.6 is 23.4 Å². The van der Waals surface area contributed by atoms with E-state index in [1.165, 1.54) is 17.8 Å². The Labute approximate surface area is 200 Å². The second-order valence-corrected chi connectivity index (χ2v) is 8.67. The van der Waals surface area contributed by atoms with E-state index >= 15 is 0 Å². The predicted molar refractivity (Wildman–Crippen MR) is 131 cm³/mol. The topological polar surface area (TPSA) is 88.0 Å². The molecule has 0 unspecified atom stereocenters. The molecule has 0 saturated carbocycles. The Balaban J connectivity index is 1.42. The second kappa shape index (κ2) is 9.94. The van der Waals surface area contributed by atoms with E-state index in [-0.39, 0.29) is 18.1 Å². The molecule has 3 aromatic carbocycles. The van der Waals surface area contributed by atoms with Crippen LogP contribution in [0.5, 0.6) is 5.75 Å². The first-order valence-corrected chi connectivity index (χ1v) is 11.2.